The molecule has 1 saturated heterocycles. The number of morpholine rings is 1. The summed E-state index contributed by atoms with van der Waals surface area (Å²) < 4.78 is 5.48. The molecule has 8 nitrogen and oxygen atoms in total. The highest BCUT2D eigenvalue weighted by molar-refractivity contribution is 5.64. The summed E-state index contributed by atoms with van der Waals surface area (Å²) in [4.78, 5) is 22.4. The molecule has 0 radical (unpaired) electrons. The predicted octanol–water partition coefficient (Wildman–Crippen LogP) is 2.12. The Morgan fingerprint density at radius 3 is 2.48 bits per heavy atom. The van der Waals surface area contributed by atoms with E-state index < -0.39 is 0 Å². The zero-order valence-electron chi connectivity index (χ0n) is 15.8. The van der Waals surface area contributed by atoms with Gasteiger partial charge in [-0.25, -0.2) is 15.0 Å². The maximum Gasteiger partial charge on any atom is 0.228 e. The van der Waals surface area contributed by atoms with Crippen molar-refractivity contribution in [3.63, 3.8) is 0 Å². The molecule has 0 atom stereocenters. The molecular weight excluding hydrogens is 342 g/mol. The Hall–Kier alpha value is -2.48. The van der Waals surface area contributed by atoms with Crippen LogP contribution in [0.3, 0.4) is 0 Å². The number of rotatable bonds is 4. The summed E-state index contributed by atoms with van der Waals surface area (Å²) in [6, 6.07) is 2.56. The molecule has 144 valence electrons. The van der Waals surface area contributed by atoms with Gasteiger partial charge >= 0.3 is 0 Å². The van der Waals surface area contributed by atoms with Crippen molar-refractivity contribution in [2.45, 2.75) is 38.1 Å². The summed E-state index contributed by atoms with van der Waals surface area (Å²) in [6.45, 7) is 3.00. The highest BCUT2D eigenvalue weighted by atomic mass is 16.5. The second-order valence-corrected chi connectivity index (χ2v) is 7.24. The highest BCUT2D eigenvalue weighted by Gasteiger charge is 2.22. The molecule has 2 fully saturated rings. The van der Waals surface area contributed by atoms with E-state index in [4.69, 9.17) is 20.4 Å². The number of ether oxygens (including phenoxy) is 1. The largest absolute Gasteiger partial charge is 0.378 e. The SMILES string of the molecule is CN(c1cc(-c2cnc(N)nc2)nc(N2CCOCC2)n1)C1CCCCC1. The normalized spacial score (nSPS) is 18.5. The van der Waals surface area contributed by atoms with Gasteiger partial charge in [0.2, 0.25) is 11.9 Å². The van der Waals surface area contributed by atoms with Crippen molar-refractivity contribution in [1.82, 2.24) is 19.9 Å². The van der Waals surface area contributed by atoms with Gasteiger partial charge in [0.1, 0.15) is 5.82 Å². The molecule has 2 N–H and O–H groups in total. The molecule has 0 amide bonds. The van der Waals surface area contributed by atoms with Crippen LogP contribution in [0.4, 0.5) is 17.7 Å². The monoisotopic (exact) mass is 369 g/mol. The van der Waals surface area contributed by atoms with Crippen molar-refractivity contribution in [3.05, 3.63) is 18.5 Å². The van der Waals surface area contributed by atoms with Gasteiger partial charge in [-0.1, -0.05) is 19.3 Å². The quantitative estimate of drug-likeness (QED) is 0.876. The Balaban J connectivity index is 1.70. The number of hydrogen-bond acceptors (Lipinski definition) is 8. The van der Waals surface area contributed by atoms with E-state index in [1.54, 1.807) is 12.4 Å². The van der Waals surface area contributed by atoms with Crippen LogP contribution in [0.15, 0.2) is 18.5 Å². The Kier molecular flexibility index (Phi) is 5.33. The lowest BCUT2D eigenvalue weighted by molar-refractivity contribution is 0.122. The number of nitrogens with two attached hydrogens (primary N) is 1. The first-order valence-corrected chi connectivity index (χ1v) is 9.73. The van der Waals surface area contributed by atoms with Crippen LogP contribution in [-0.4, -0.2) is 59.3 Å². The summed E-state index contributed by atoms with van der Waals surface area (Å²) in [5.41, 5.74) is 7.31. The van der Waals surface area contributed by atoms with E-state index in [1.807, 2.05) is 6.07 Å². The van der Waals surface area contributed by atoms with Gasteiger partial charge in [0.15, 0.2) is 0 Å². The van der Waals surface area contributed by atoms with E-state index in [2.05, 4.69) is 26.8 Å². The molecule has 2 aliphatic rings. The highest BCUT2D eigenvalue weighted by Crippen LogP contribution is 2.29. The lowest BCUT2D eigenvalue weighted by Crippen LogP contribution is -2.38. The van der Waals surface area contributed by atoms with E-state index in [1.165, 1.54) is 32.1 Å². The van der Waals surface area contributed by atoms with Crippen molar-refractivity contribution in [2.75, 3.05) is 48.9 Å². The maximum absolute atomic E-state index is 5.64. The fourth-order valence-corrected chi connectivity index (χ4v) is 3.78. The van der Waals surface area contributed by atoms with Crippen LogP contribution in [0.2, 0.25) is 0 Å². The Labute approximate surface area is 159 Å². The first kappa shape index (κ1) is 17.9. The zero-order chi connectivity index (χ0) is 18.6. The number of nitrogen functional groups attached to an aromatic ring is 1. The summed E-state index contributed by atoms with van der Waals surface area (Å²) in [5, 5.41) is 0. The van der Waals surface area contributed by atoms with Gasteiger partial charge < -0.3 is 20.3 Å². The van der Waals surface area contributed by atoms with Gasteiger partial charge in [0, 0.05) is 50.2 Å². The van der Waals surface area contributed by atoms with Crippen LogP contribution in [-0.2, 0) is 4.74 Å². The summed E-state index contributed by atoms with van der Waals surface area (Å²) in [5.74, 6) is 1.95. The lowest BCUT2D eigenvalue weighted by atomic mass is 9.94. The van der Waals surface area contributed by atoms with Crippen LogP contribution in [0.5, 0.6) is 0 Å². The Morgan fingerprint density at radius 2 is 1.78 bits per heavy atom. The smallest absolute Gasteiger partial charge is 0.228 e. The van der Waals surface area contributed by atoms with E-state index >= 15 is 0 Å². The minimum absolute atomic E-state index is 0.265. The molecule has 8 heteroatoms. The molecule has 0 bridgehead atoms. The fraction of sp³-hybridized carbons (Fsp3) is 0.579. The van der Waals surface area contributed by atoms with Crippen molar-refractivity contribution in [2.24, 2.45) is 0 Å². The topological polar surface area (TPSA) is 93.3 Å². The van der Waals surface area contributed by atoms with Gasteiger partial charge in [-0.15, -0.1) is 0 Å². The summed E-state index contributed by atoms with van der Waals surface area (Å²) in [7, 11) is 2.14. The van der Waals surface area contributed by atoms with Gasteiger partial charge in [0.25, 0.3) is 0 Å². The fourth-order valence-electron chi connectivity index (χ4n) is 3.78. The average Bonchev–Trinajstić information content (AvgIpc) is 2.74. The number of aromatic nitrogens is 4. The van der Waals surface area contributed by atoms with Crippen LogP contribution < -0.4 is 15.5 Å². The van der Waals surface area contributed by atoms with E-state index in [9.17, 15) is 0 Å². The standard InChI is InChI=1S/C19H27N7O/c1-25(15-5-3-2-4-6-15)17-11-16(14-12-21-18(20)22-13-14)23-19(24-17)26-7-9-27-10-8-26/h11-13,15H,2-10H2,1H3,(H2,20,21,22). The van der Waals surface area contributed by atoms with Crippen molar-refractivity contribution < 1.29 is 4.74 Å². The van der Waals surface area contributed by atoms with Crippen molar-refractivity contribution in [3.8, 4) is 11.3 Å². The van der Waals surface area contributed by atoms with Gasteiger partial charge in [-0.3, -0.25) is 0 Å². The van der Waals surface area contributed by atoms with E-state index in [0.717, 1.165) is 36.1 Å². The molecule has 2 aromatic rings. The molecule has 27 heavy (non-hydrogen) atoms. The third kappa shape index (κ3) is 4.10. The average molecular weight is 369 g/mol. The first-order valence-electron chi connectivity index (χ1n) is 9.73. The Bertz CT molecular complexity index is 755. The van der Waals surface area contributed by atoms with Crippen LogP contribution >= 0.6 is 0 Å². The van der Waals surface area contributed by atoms with Crippen LogP contribution in [0, 0.1) is 0 Å². The third-order valence-corrected chi connectivity index (χ3v) is 5.45. The first-order chi connectivity index (χ1) is 13.2. The van der Waals surface area contributed by atoms with Gasteiger partial charge in [-0.05, 0) is 12.8 Å². The Morgan fingerprint density at radius 1 is 1.07 bits per heavy atom. The molecule has 3 heterocycles. The molecule has 1 saturated carbocycles. The summed E-state index contributed by atoms with van der Waals surface area (Å²) in [6.07, 6.45) is 9.78. The van der Waals surface area contributed by atoms with E-state index in [-0.39, 0.29) is 5.95 Å². The second-order valence-electron chi connectivity index (χ2n) is 7.24. The third-order valence-electron chi connectivity index (χ3n) is 5.45. The van der Waals surface area contributed by atoms with Crippen LogP contribution in [0.25, 0.3) is 11.3 Å². The number of hydrogen-bond donors (Lipinski definition) is 1. The molecule has 1 aliphatic carbocycles. The minimum atomic E-state index is 0.265. The molecule has 2 aromatic heterocycles. The number of anilines is 3. The minimum Gasteiger partial charge on any atom is -0.378 e. The molecule has 1 aliphatic heterocycles. The van der Waals surface area contributed by atoms with Crippen molar-refractivity contribution >= 4 is 17.7 Å². The molecule has 0 aromatic carbocycles. The van der Waals surface area contributed by atoms with Crippen LogP contribution in [0.1, 0.15) is 32.1 Å². The van der Waals surface area contributed by atoms with E-state index in [0.29, 0.717) is 19.3 Å². The van der Waals surface area contributed by atoms with Gasteiger partial charge in [0.05, 0.1) is 18.9 Å². The molecule has 4 rings (SSSR count). The van der Waals surface area contributed by atoms with Crippen molar-refractivity contribution in [1.29, 1.82) is 0 Å². The molecular formula is C19H27N7O. The van der Waals surface area contributed by atoms with Gasteiger partial charge in [-0.2, -0.15) is 4.98 Å². The zero-order valence-corrected chi connectivity index (χ0v) is 15.8. The number of nitrogens with zero attached hydrogens (tertiary/aromatic N) is 6. The second kappa shape index (κ2) is 8.04. The molecule has 0 unspecified atom stereocenters. The lowest BCUT2D eigenvalue weighted by Gasteiger charge is -2.33. The maximum atomic E-state index is 5.64. The predicted molar refractivity (Wildman–Crippen MR) is 106 cm³/mol. The summed E-state index contributed by atoms with van der Waals surface area (Å²) >= 11 is 0. The molecule has 0 spiro atoms.